The molecule has 27 heavy (non-hydrogen) atoms. The molecule has 3 rings (SSSR count). The van der Waals surface area contributed by atoms with Gasteiger partial charge in [-0.05, 0) is 61.8 Å². The molecule has 0 radical (unpaired) electrons. The predicted octanol–water partition coefficient (Wildman–Crippen LogP) is 5.73. The van der Waals surface area contributed by atoms with Crippen LogP contribution >= 0.6 is 0 Å². The Bertz CT molecular complexity index is 700. The van der Waals surface area contributed by atoms with Gasteiger partial charge in [0, 0.05) is 5.92 Å². The maximum Gasteiger partial charge on any atom is 0.306 e. The number of carbonyl (C=O) groups is 1. The van der Waals surface area contributed by atoms with E-state index in [4.69, 9.17) is 9.47 Å². The molecule has 3 nitrogen and oxygen atoms in total. The number of hydrogen-bond acceptors (Lipinski definition) is 3. The SMILES string of the molecule is CCOC(=O)CC(c1ccccc1)c1ccc(OC2CCC(C)CC2)cc1. The van der Waals surface area contributed by atoms with Crippen LogP contribution in [0.2, 0.25) is 0 Å². The van der Waals surface area contributed by atoms with Crippen molar-refractivity contribution in [3.8, 4) is 5.75 Å². The Kier molecular flexibility index (Phi) is 6.92. The van der Waals surface area contributed by atoms with Crippen molar-refractivity contribution in [2.45, 2.75) is 58.0 Å². The van der Waals surface area contributed by atoms with Crippen LogP contribution in [0, 0.1) is 5.92 Å². The first-order valence-electron chi connectivity index (χ1n) is 10.1. The summed E-state index contributed by atoms with van der Waals surface area (Å²) in [5, 5.41) is 0. The third-order valence-corrected chi connectivity index (χ3v) is 5.43. The summed E-state index contributed by atoms with van der Waals surface area (Å²) in [7, 11) is 0. The summed E-state index contributed by atoms with van der Waals surface area (Å²) in [4.78, 5) is 12.1. The van der Waals surface area contributed by atoms with E-state index in [0.717, 1.165) is 35.6 Å². The monoisotopic (exact) mass is 366 g/mol. The Labute approximate surface area is 162 Å². The average molecular weight is 367 g/mol. The van der Waals surface area contributed by atoms with Crippen molar-refractivity contribution in [2.75, 3.05) is 6.61 Å². The number of carbonyl (C=O) groups excluding carboxylic acids is 1. The zero-order chi connectivity index (χ0) is 19.1. The minimum atomic E-state index is -0.164. The van der Waals surface area contributed by atoms with E-state index in [-0.39, 0.29) is 11.9 Å². The molecular formula is C24H30O3. The fourth-order valence-corrected chi connectivity index (χ4v) is 3.82. The van der Waals surface area contributed by atoms with Gasteiger partial charge in [-0.3, -0.25) is 4.79 Å². The first kappa shape index (κ1) is 19.5. The Balaban J connectivity index is 1.71. The van der Waals surface area contributed by atoms with Crippen molar-refractivity contribution in [3.05, 3.63) is 65.7 Å². The van der Waals surface area contributed by atoms with Crippen LogP contribution in [0.1, 0.15) is 63.0 Å². The van der Waals surface area contributed by atoms with Crippen LogP contribution in [0.4, 0.5) is 0 Å². The standard InChI is InChI=1S/C24H30O3/c1-3-26-24(25)17-23(19-7-5-4-6-8-19)20-11-15-22(16-12-20)27-21-13-9-18(2)10-14-21/h4-8,11-12,15-16,18,21,23H,3,9-10,13-14,17H2,1-2H3. The average Bonchev–Trinajstić information content (AvgIpc) is 2.70. The van der Waals surface area contributed by atoms with Gasteiger partial charge in [0.15, 0.2) is 0 Å². The second-order valence-corrected chi connectivity index (χ2v) is 7.54. The van der Waals surface area contributed by atoms with Gasteiger partial charge >= 0.3 is 5.97 Å². The summed E-state index contributed by atoms with van der Waals surface area (Å²) in [6.45, 7) is 4.57. The van der Waals surface area contributed by atoms with E-state index in [1.165, 1.54) is 12.8 Å². The van der Waals surface area contributed by atoms with Gasteiger partial charge in [-0.15, -0.1) is 0 Å². The summed E-state index contributed by atoms with van der Waals surface area (Å²) in [5.41, 5.74) is 2.24. The molecular weight excluding hydrogens is 336 g/mol. The fourth-order valence-electron chi connectivity index (χ4n) is 3.82. The summed E-state index contributed by atoms with van der Waals surface area (Å²) in [5.74, 6) is 1.57. The van der Waals surface area contributed by atoms with Crippen LogP contribution in [0.3, 0.4) is 0 Å². The van der Waals surface area contributed by atoms with Gasteiger partial charge in [-0.25, -0.2) is 0 Å². The molecule has 1 unspecified atom stereocenters. The molecule has 1 aliphatic rings. The maximum absolute atomic E-state index is 12.1. The quantitative estimate of drug-likeness (QED) is 0.587. The first-order chi connectivity index (χ1) is 13.2. The molecule has 3 heteroatoms. The molecule has 0 amide bonds. The molecule has 0 heterocycles. The number of ether oxygens (including phenoxy) is 2. The third kappa shape index (κ3) is 5.59. The highest BCUT2D eigenvalue weighted by molar-refractivity contribution is 5.71. The van der Waals surface area contributed by atoms with Gasteiger partial charge < -0.3 is 9.47 Å². The molecule has 0 saturated heterocycles. The predicted molar refractivity (Wildman–Crippen MR) is 108 cm³/mol. The van der Waals surface area contributed by atoms with Gasteiger partial charge in [0.2, 0.25) is 0 Å². The number of rotatable bonds is 7. The van der Waals surface area contributed by atoms with Crippen LogP contribution in [0.15, 0.2) is 54.6 Å². The van der Waals surface area contributed by atoms with E-state index in [2.05, 4.69) is 31.2 Å². The van der Waals surface area contributed by atoms with E-state index < -0.39 is 0 Å². The molecule has 1 aliphatic carbocycles. The minimum Gasteiger partial charge on any atom is -0.490 e. The second-order valence-electron chi connectivity index (χ2n) is 7.54. The Hall–Kier alpha value is -2.29. The number of esters is 1. The molecule has 0 aliphatic heterocycles. The van der Waals surface area contributed by atoms with Gasteiger partial charge in [-0.1, -0.05) is 49.4 Å². The summed E-state index contributed by atoms with van der Waals surface area (Å²) in [6, 6.07) is 18.4. The zero-order valence-electron chi connectivity index (χ0n) is 16.4. The van der Waals surface area contributed by atoms with Crippen LogP contribution in [0.5, 0.6) is 5.75 Å². The van der Waals surface area contributed by atoms with Crippen molar-refractivity contribution in [1.82, 2.24) is 0 Å². The number of benzene rings is 2. The van der Waals surface area contributed by atoms with E-state index in [1.54, 1.807) is 0 Å². The first-order valence-corrected chi connectivity index (χ1v) is 10.1. The Morgan fingerprint density at radius 3 is 2.22 bits per heavy atom. The second kappa shape index (κ2) is 9.59. The Morgan fingerprint density at radius 2 is 1.59 bits per heavy atom. The minimum absolute atomic E-state index is 0.00479. The summed E-state index contributed by atoms with van der Waals surface area (Å²) in [6.07, 6.45) is 5.45. The lowest BCUT2D eigenvalue weighted by Gasteiger charge is -2.27. The molecule has 0 spiro atoms. The van der Waals surface area contributed by atoms with Gasteiger partial charge in [-0.2, -0.15) is 0 Å². The lowest BCUT2D eigenvalue weighted by atomic mass is 9.88. The molecule has 144 valence electrons. The summed E-state index contributed by atoms with van der Waals surface area (Å²) >= 11 is 0. The van der Waals surface area contributed by atoms with Crippen LogP contribution < -0.4 is 4.74 Å². The molecule has 2 aromatic carbocycles. The molecule has 2 aromatic rings. The lowest BCUT2D eigenvalue weighted by molar-refractivity contribution is -0.143. The van der Waals surface area contributed by atoms with Crippen LogP contribution in [-0.4, -0.2) is 18.7 Å². The van der Waals surface area contributed by atoms with Crippen molar-refractivity contribution in [2.24, 2.45) is 5.92 Å². The molecule has 0 bridgehead atoms. The van der Waals surface area contributed by atoms with E-state index in [0.29, 0.717) is 19.1 Å². The number of hydrogen-bond donors (Lipinski definition) is 0. The van der Waals surface area contributed by atoms with Crippen molar-refractivity contribution < 1.29 is 14.3 Å². The third-order valence-electron chi connectivity index (χ3n) is 5.43. The normalized spacial score (nSPS) is 20.7. The Morgan fingerprint density at radius 1 is 0.963 bits per heavy atom. The zero-order valence-corrected chi connectivity index (χ0v) is 16.4. The van der Waals surface area contributed by atoms with Crippen molar-refractivity contribution in [1.29, 1.82) is 0 Å². The molecule has 0 aromatic heterocycles. The van der Waals surface area contributed by atoms with Crippen molar-refractivity contribution in [3.63, 3.8) is 0 Å². The highest BCUT2D eigenvalue weighted by atomic mass is 16.5. The van der Waals surface area contributed by atoms with Crippen LogP contribution in [0.25, 0.3) is 0 Å². The highest BCUT2D eigenvalue weighted by Crippen LogP contribution is 2.31. The van der Waals surface area contributed by atoms with Crippen LogP contribution in [-0.2, 0) is 9.53 Å². The lowest BCUT2D eigenvalue weighted by Crippen LogP contribution is -2.23. The topological polar surface area (TPSA) is 35.5 Å². The molecule has 0 N–H and O–H groups in total. The van der Waals surface area contributed by atoms with E-state index in [9.17, 15) is 4.79 Å². The fraction of sp³-hybridized carbons (Fsp3) is 0.458. The van der Waals surface area contributed by atoms with Gasteiger partial charge in [0.25, 0.3) is 0 Å². The molecule has 1 saturated carbocycles. The van der Waals surface area contributed by atoms with E-state index >= 15 is 0 Å². The largest absolute Gasteiger partial charge is 0.490 e. The highest BCUT2D eigenvalue weighted by Gasteiger charge is 2.21. The molecule has 1 fully saturated rings. The van der Waals surface area contributed by atoms with Gasteiger partial charge in [0.05, 0.1) is 19.1 Å². The van der Waals surface area contributed by atoms with Gasteiger partial charge in [0.1, 0.15) is 5.75 Å². The van der Waals surface area contributed by atoms with Crippen molar-refractivity contribution >= 4 is 5.97 Å². The molecule has 1 atom stereocenters. The van der Waals surface area contributed by atoms with E-state index in [1.807, 2.05) is 37.3 Å². The smallest absolute Gasteiger partial charge is 0.306 e. The summed E-state index contributed by atoms with van der Waals surface area (Å²) < 4.78 is 11.4. The maximum atomic E-state index is 12.1.